The van der Waals surface area contributed by atoms with Crippen molar-refractivity contribution in [2.24, 2.45) is 0 Å². The van der Waals surface area contributed by atoms with E-state index in [9.17, 15) is 13.9 Å². The summed E-state index contributed by atoms with van der Waals surface area (Å²) in [5.41, 5.74) is 0.670. The van der Waals surface area contributed by atoms with Crippen LogP contribution in [0.3, 0.4) is 0 Å². The topological polar surface area (TPSA) is 83.0 Å². The van der Waals surface area contributed by atoms with Crippen molar-refractivity contribution in [1.29, 1.82) is 0 Å². The molecule has 8 rings (SSSR count). The van der Waals surface area contributed by atoms with E-state index < -0.39 is 17.5 Å². The van der Waals surface area contributed by atoms with Crippen molar-refractivity contribution in [2.75, 3.05) is 44.3 Å². The normalized spacial score (nSPS) is 26.6. The smallest absolute Gasteiger partial charge is 0.319 e. The second kappa shape index (κ2) is 10.5. The number of anilines is 1. The molecule has 5 heterocycles. The van der Waals surface area contributed by atoms with Crippen molar-refractivity contribution >= 4 is 27.5 Å². The Morgan fingerprint density at radius 1 is 1.11 bits per heavy atom. The average molecular weight is 606 g/mol. The molecule has 0 radical (unpaired) electrons. The predicted molar refractivity (Wildman–Crippen MR) is 161 cm³/mol. The van der Waals surface area contributed by atoms with Crippen LogP contribution in [0, 0.1) is 11.6 Å². The molecular formula is C33H34F3N5O3. The van der Waals surface area contributed by atoms with Crippen molar-refractivity contribution in [2.45, 2.75) is 56.6 Å². The molecule has 1 aromatic heterocycles. The Morgan fingerprint density at radius 3 is 2.84 bits per heavy atom. The van der Waals surface area contributed by atoms with E-state index in [0.29, 0.717) is 72.2 Å². The quantitative estimate of drug-likeness (QED) is 0.315. The minimum Gasteiger partial charge on any atom is -0.508 e. The number of alkyl halides is 1. The maximum absolute atomic E-state index is 16.8. The first-order valence-electron chi connectivity index (χ1n) is 15.4. The highest BCUT2D eigenvalue weighted by Crippen LogP contribution is 2.42. The number of nitrogens with zero attached hydrogens (tertiary/aromatic N) is 4. The van der Waals surface area contributed by atoms with E-state index >= 15 is 4.39 Å². The van der Waals surface area contributed by atoms with Crippen LogP contribution in [0.4, 0.5) is 19.0 Å². The van der Waals surface area contributed by atoms with Gasteiger partial charge < -0.3 is 19.5 Å². The van der Waals surface area contributed by atoms with E-state index in [0.717, 1.165) is 19.4 Å². The third-order valence-corrected chi connectivity index (χ3v) is 9.84. The molecule has 0 aliphatic carbocycles. The van der Waals surface area contributed by atoms with Crippen molar-refractivity contribution in [3.63, 3.8) is 0 Å². The SMILES string of the molecule is CCc1c(F)ccc2cc(O)cc(-c3ccc4c(N5CC6COC(C5)N6)nc(OC[C@@]56CCCN5C[C@H](F)C6)nc4c3F)c12. The number of hydrogen-bond acceptors (Lipinski definition) is 8. The third-order valence-electron chi connectivity index (χ3n) is 9.84. The Hall–Kier alpha value is -3.67. The number of phenolic OH excluding ortho intramolecular Hbond substituents is 1. The molecule has 2 unspecified atom stereocenters. The van der Waals surface area contributed by atoms with Crippen LogP contribution >= 0.6 is 0 Å². The van der Waals surface area contributed by atoms with Crippen LogP contribution < -0.4 is 15.0 Å². The number of rotatable bonds is 6. The summed E-state index contributed by atoms with van der Waals surface area (Å²) in [6.45, 7) is 4.99. The van der Waals surface area contributed by atoms with Gasteiger partial charge in [-0.2, -0.15) is 9.97 Å². The predicted octanol–water partition coefficient (Wildman–Crippen LogP) is 5.09. The third kappa shape index (κ3) is 4.47. The highest BCUT2D eigenvalue weighted by Gasteiger charge is 2.49. The fraction of sp³-hybridized carbons (Fsp3) is 0.455. The van der Waals surface area contributed by atoms with Gasteiger partial charge in [-0.15, -0.1) is 0 Å². The van der Waals surface area contributed by atoms with Gasteiger partial charge >= 0.3 is 6.01 Å². The van der Waals surface area contributed by atoms with E-state index in [2.05, 4.69) is 20.1 Å². The fourth-order valence-corrected chi connectivity index (χ4v) is 7.86. The van der Waals surface area contributed by atoms with E-state index in [1.807, 2.05) is 6.92 Å². The maximum Gasteiger partial charge on any atom is 0.319 e. The molecule has 0 saturated carbocycles. The van der Waals surface area contributed by atoms with Crippen LogP contribution in [0.5, 0.6) is 11.8 Å². The summed E-state index contributed by atoms with van der Waals surface area (Å²) in [5, 5.41) is 15.7. The summed E-state index contributed by atoms with van der Waals surface area (Å²) >= 11 is 0. The Morgan fingerprint density at radius 2 is 2.00 bits per heavy atom. The average Bonchev–Trinajstić information content (AvgIpc) is 3.66. The van der Waals surface area contributed by atoms with Gasteiger partial charge in [-0.3, -0.25) is 10.2 Å². The van der Waals surface area contributed by atoms with Crippen LogP contribution in [0.15, 0.2) is 36.4 Å². The molecule has 4 saturated heterocycles. The lowest BCUT2D eigenvalue weighted by Gasteiger charge is -2.33. The van der Waals surface area contributed by atoms with E-state index in [1.165, 1.54) is 12.1 Å². The largest absolute Gasteiger partial charge is 0.508 e. The van der Waals surface area contributed by atoms with Crippen molar-refractivity contribution < 1.29 is 27.8 Å². The van der Waals surface area contributed by atoms with Crippen molar-refractivity contribution in [3.05, 3.63) is 53.6 Å². The van der Waals surface area contributed by atoms with Gasteiger partial charge in [0, 0.05) is 30.5 Å². The highest BCUT2D eigenvalue weighted by atomic mass is 19.1. The van der Waals surface area contributed by atoms with E-state index in [4.69, 9.17) is 14.5 Å². The van der Waals surface area contributed by atoms with Crippen molar-refractivity contribution in [3.8, 4) is 22.9 Å². The monoisotopic (exact) mass is 605 g/mol. The van der Waals surface area contributed by atoms with Gasteiger partial charge in [0.15, 0.2) is 5.82 Å². The molecule has 4 aliphatic heterocycles. The van der Waals surface area contributed by atoms with Crippen LogP contribution in [-0.2, 0) is 11.2 Å². The van der Waals surface area contributed by atoms with Gasteiger partial charge in [-0.1, -0.05) is 19.1 Å². The number of hydrogen-bond donors (Lipinski definition) is 2. The molecular weight excluding hydrogens is 571 g/mol. The summed E-state index contributed by atoms with van der Waals surface area (Å²) < 4.78 is 58.3. The number of fused-ring (bicyclic) bond motifs is 5. The molecule has 2 N–H and O–H groups in total. The maximum atomic E-state index is 16.8. The number of piperazine rings is 1. The molecule has 2 bridgehead atoms. The summed E-state index contributed by atoms with van der Waals surface area (Å²) in [6.07, 6.45) is 1.51. The zero-order valence-electron chi connectivity index (χ0n) is 24.5. The molecule has 0 spiro atoms. The number of aryl methyl sites for hydroxylation is 1. The summed E-state index contributed by atoms with van der Waals surface area (Å²) in [4.78, 5) is 13.6. The number of benzene rings is 3. The Labute approximate surface area is 252 Å². The minimum absolute atomic E-state index is 0.0277. The number of nitrogens with one attached hydrogen (secondary N) is 1. The van der Waals surface area contributed by atoms with Gasteiger partial charge in [0.1, 0.15) is 41.9 Å². The fourth-order valence-electron chi connectivity index (χ4n) is 7.86. The molecule has 3 aromatic carbocycles. The Kier molecular flexibility index (Phi) is 6.62. The first-order chi connectivity index (χ1) is 21.3. The number of aromatic hydroxyl groups is 1. The number of halogens is 3. The molecule has 44 heavy (non-hydrogen) atoms. The molecule has 8 nitrogen and oxygen atoms in total. The Bertz CT molecular complexity index is 1780. The molecule has 4 atom stereocenters. The first kappa shape index (κ1) is 27.8. The minimum atomic E-state index is -0.904. The van der Waals surface area contributed by atoms with Gasteiger partial charge in [-0.25, -0.2) is 13.2 Å². The van der Waals surface area contributed by atoms with Crippen LogP contribution in [0.25, 0.3) is 32.8 Å². The van der Waals surface area contributed by atoms with E-state index in [-0.39, 0.29) is 47.5 Å². The standard InChI is InChI=1S/C33H34F3N5O3/c1-2-22-26(35)7-4-18-10-21(42)11-25(28(18)22)23-5-6-24-30(29(23)36)38-32(39-31(24)40-14-20-16-43-27(15-40)37-20)44-17-33-8-3-9-41(33)13-19(34)12-33/h4-7,10-11,19-20,27,37,42H,2-3,8-9,12-17H2,1H3/t19-,20?,27?,33+/m1/s1. The zero-order valence-corrected chi connectivity index (χ0v) is 24.5. The number of phenols is 1. The van der Waals surface area contributed by atoms with Gasteiger partial charge in [0.05, 0.1) is 24.7 Å². The Balaban J connectivity index is 1.27. The second-order valence-electron chi connectivity index (χ2n) is 12.6. The lowest BCUT2D eigenvalue weighted by molar-refractivity contribution is 0.106. The number of aromatic nitrogens is 2. The molecule has 4 fully saturated rings. The van der Waals surface area contributed by atoms with Crippen molar-refractivity contribution in [1.82, 2.24) is 20.2 Å². The second-order valence-corrected chi connectivity index (χ2v) is 12.6. The molecule has 4 aromatic rings. The zero-order chi connectivity index (χ0) is 30.2. The van der Waals surface area contributed by atoms with Gasteiger partial charge in [0.2, 0.25) is 0 Å². The first-order valence-corrected chi connectivity index (χ1v) is 15.4. The highest BCUT2D eigenvalue weighted by molar-refractivity contribution is 6.03. The van der Waals surface area contributed by atoms with Crippen LogP contribution in [0.2, 0.25) is 0 Å². The lowest BCUT2D eigenvalue weighted by Crippen LogP contribution is -2.52. The van der Waals surface area contributed by atoms with Crippen LogP contribution in [0.1, 0.15) is 31.7 Å². The summed E-state index contributed by atoms with van der Waals surface area (Å²) in [7, 11) is 0. The van der Waals surface area contributed by atoms with Crippen LogP contribution in [-0.4, -0.2) is 83.3 Å². The van der Waals surface area contributed by atoms with Gasteiger partial charge in [-0.05, 0) is 72.0 Å². The molecule has 230 valence electrons. The summed E-state index contributed by atoms with van der Waals surface area (Å²) in [5.74, 6) is -0.512. The number of ether oxygens (including phenoxy) is 2. The molecule has 4 aliphatic rings. The molecule has 0 amide bonds. The molecule has 11 heteroatoms. The van der Waals surface area contributed by atoms with E-state index in [1.54, 1.807) is 24.3 Å². The van der Waals surface area contributed by atoms with Gasteiger partial charge in [0.25, 0.3) is 0 Å². The summed E-state index contributed by atoms with van der Waals surface area (Å²) in [6, 6.07) is 9.55. The lowest BCUT2D eigenvalue weighted by atomic mass is 9.92.